The number of piperidine rings is 1. The fourth-order valence-electron chi connectivity index (χ4n) is 3.39. The molecule has 1 aliphatic heterocycles. The van der Waals surface area contributed by atoms with Crippen molar-refractivity contribution in [2.45, 2.75) is 20.3 Å². The van der Waals surface area contributed by atoms with Gasteiger partial charge in [0.15, 0.2) is 6.54 Å². The molecule has 0 saturated carbocycles. The molecule has 1 aliphatic rings. The molecule has 0 radical (unpaired) electrons. The lowest BCUT2D eigenvalue weighted by Gasteiger charge is -2.31. The Morgan fingerprint density at radius 1 is 1.23 bits per heavy atom. The quantitative estimate of drug-likeness (QED) is 0.859. The molecule has 0 bridgehead atoms. The Bertz CT molecular complexity index is 509. The lowest BCUT2D eigenvalue weighted by atomic mass is 9.92. The van der Waals surface area contributed by atoms with Gasteiger partial charge < -0.3 is 19.7 Å². The Morgan fingerprint density at radius 3 is 2.50 bits per heavy atom. The maximum Gasteiger partial charge on any atom is 0.279 e. The van der Waals surface area contributed by atoms with Gasteiger partial charge in [-0.1, -0.05) is 13.8 Å². The molecule has 1 fully saturated rings. The van der Waals surface area contributed by atoms with Crippen molar-refractivity contribution in [1.82, 2.24) is 0 Å². The van der Waals surface area contributed by atoms with Crippen molar-refractivity contribution in [3.05, 3.63) is 18.2 Å². The number of rotatable bonds is 5. The molecular formula is C17H27N2O3+. The number of hydrogen-bond donors (Lipinski definition) is 2. The predicted octanol–water partition coefficient (Wildman–Crippen LogP) is 1.20. The Kier molecular flexibility index (Phi) is 5.66. The third-order valence-electron chi connectivity index (χ3n) is 4.17. The van der Waals surface area contributed by atoms with Gasteiger partial charge in [0, 0.05) is 17.9 Å². The zero-order chi connectivity index (χ0) is 16.1. The van der Waals surface area contributed by atoms with E-state index in [0.717, 1.165) is 13.1 Å². The summed E-state index contributed by atoms with van der Waals surface area (Å²) in [5.41, 5.74) is 0.686. The molecule has 3 atom stereocenters. The highest BCUT2D eigenvalue weighted by atomic mass is 16.5. The molecule has 0 spiro atoms. The number of nitrogens with one attached hydrogen (secondary N) is 2. The van der Waals surface area contributed by atoms with Crippen LogP contribution in [0.1, 0.15) is 20.3 Å². The lowest BCUT2D eigenvalue weighted by molar-refractivity contribution is -0.904. The van der Waals surface area contributed by atoms with Gasteiger partial charge in [-0.05, 0) is 18.6 Å². The van der Waals surface area contributed by atoms with Crippen molar-refractivity contribution < 1.29 is 19.2 Å². The molecule has 1 unspecified atom stereocenters. The van der Waals surface area contributed by atoms with Crippen LogP contribution in [-0.2, 0) is 4.79 Å². The third-order valence-corrected chi connectivity index (χ3v) is 4.17. The third kappa shape index (κ3) is 4.37. The minimum atomic E-state index is 0.0276. The van der Waals surface area contributed by atoms with E-state index >= 15 is 0 Å². The number of methoxy groups -OCH3 is 2. The number of likely N-dealkylation sites (tertiary alicyclic amines) is 1. The molecule has 5 heteroatoms. The maximum absolute atomic E-state index is 12.3. The summed E-state index contributed by atoms with van der Waals surface area (Å²) in [5, 5.41) is 2.95. The number of benzene rings is 1. The van der Waals surface area contributed by atoms with Crippen LogP contribution in [0.5, 0.6) is 11.5 Å². The topological polar surface area (TPSA) is 52.0 Å². The van der Waals surface area contributed by atoms with Crippen LogP contribution in [0.4, 0.5) is 5.69 Å². The SMILES string of the molecule is COc1ccc(NC(=O)C[NH+]2C[C@H](C)C[C@H](C)C2)c(OC)c1. The first-order valence-electron chi connectivity index (χ1n) is 7.87. The molecule has 1 saturated heterocycles. The second-order valence-electron chi connectivity index (χ2n) is 6.40. The zero-order valence-corrected chi connectivity index (χ0v) is 13.9. The standard InChI is InChI=1S/C17H26N2O3/c1-12-7-13(2)10-19(9-12)11-17(20)18-15-6-5-14(21-3)8-16(15)22-4/h5-6,8,12-13H,7,9-11H2,1-4H3,(H,18,20)/p+1/t12-,13+. The van der Waals surface area contributed by atoms with Crippen molar-refractivity contribution in [2.24, 2.45) is 11.8 Å². The predicted molar refractivity (Wildman–Crippen MR) is 86.7 cm³/mol. The number of carbonyl (C=O) groups is 1. The Hall–Kier alpha value is -1.75. The molecule has 2 rings (SSSR count). The smallest absolute Gasteiger partial charge is 0.279 e. The van der Waals surface area contributed by atoms with Gasteiger partial charge in [0.05, 0.1) is 33.0 Å². The van der Waals surface area contributed by atoms with Gasteiger partial charge >= 0.3 is 0 Å². The second-order valence-corrected chi connectivity index (χ2v) is 6.40. The van der Waals surface area contributed by atoms with Gasteiger partial charge in [-0.3, -0.25) is 4.79 Å². The molecular weight excluding hydrogens is 280 g/mol. The molecule has 1 aromatic rings. The molecule has 5 nitrogen and oxygen atoms in total. The van der Waals surface area contributed by atoms with Crippen LogP contribution >= 0.6 is 0 Å². The summed E-state index contributed by atoms with van der Waals surface area (Å²) < 4.78 is 10.5. The van der Waals surface area contributed by atoms with Crippen molar-refractivity contribution in [3.8, 4) is 11.5 Å². The van der Waals surface area contributed by atoms with Crippen LogP contribution in [0.25, 0.3) is 0 Å². The van der Waals surface area contributed by atoms with Crippen molar-refractivity contribution in [2.75, 3.05) is 39.2 Å². The maximum atomic E-state index is 12.3. The highest BCUT2D eigenvalue weighted by Crippen LogP contribution is 2.28. The Balaban J connectivity index is 1.97. The van der Waals surface area contributed by atoms with E-state index in [9.17, 15) is 4.79 Å². The van der Waals surface area contributed by atoms with Crippen LogP contribution in [0.15, 0.2) is 18.2 Å². The first kappa shape index (κ1) is 16.6. The number of hydrogen-bond acceptors (Lipinski definition) is 3. The summed E-state index contributed by atoms with van der Waals surface area (Å²) in [7, 11) is 3.19. The van der Waals surface area contributed by atoms with Gasteiger partial charge in [0.25, 0.3) is 5.91 Å². The summed E-state index contributed by atoms with van der Waals surface area (Å²) in [4.78, 5) is 13.7. The number of ether oxygens (including phenoxy) is 2. The van der Waals surface area contributed by atoms with Crippen molar-refractivity contribution >= 4 is 11.6 Å². The molecule has 2 N–H and O–H groups in total. The van der Waals surface area contributed by atoms with E-state index < -0.39 is 0 Å². The van der Waals surface area contributed by atoms with Crippen LogP contribution < -0.4 is 19.7 Å². The Labute approximate surface area is 132 Å². The molecule has 122 valence electrons. The average molecular weight is 307 g/mol. The number of quaternary nitrogens is 1. The zero-order valence-electron chi connectivity index (χ0n) is 13.9. The average Bonchev–Trinajstić information content (AvgIpc) is 2.46. The number of carbonyl (C=O) groups excluding carboxylic acids is 1. The molecule has 0 aromatic heterocycles. The van der Waals surface area contributed by atoms with E-state index in [2.05, 4.69) is 19.2 Å². The fourth-order valence-corrected chi connectivity index (χ4v) is 3.39. The van der Waals surface area contributed by atoms with Gasteiger partial charge in [0.2, 0.25) is 0 Å². The van der Waals surface area contributed by atoms with E-state index in [4.69, 9.17) is 9.47 Å². The van der Waals surface area contributed by atoms with Crippen LogP contribution in [0.2, 0.25) is 0 Å². The van der Waals surface area contributed by atoms with E-state index in [1.165, 1.54) is 11.3 Å². The molecule has 22 heavy (non-hydrogen) atoms. The van der Waals surface area contributed by atoms with Gasteiger partial charge in [-0.2, -0.15) is 0 Å². The molecule has 1 amide bonds. The number of amides is 1. The first-order valence-corrected chi connectivity index (χ1v) is 7.87. The molecule has 1 heterocycles. The van der Waals surface area contributed by atoms with Crippen LogP contribution in [-0.4, -0.2) is 39.8 Å². The van der Waals surface area contributed by atoms with Gasteiger partial charge in [0.1, 0.15) is 11.5 Å². The minimum absolute atomic E-state index is 0.0276. The van der Waals surface area contributed by atoms with Crippen molar-refractivity contribution in [3.63, 3.8) is 0 Å². The summed E-state index contributed by atoms with van der Waals surface area (Å²) in [6.45, 7) is 7.17. The summed E-state index contributed by atoms with van der Waals surface area (Å²) >= 11 is 0. The largest absolute Gasteiger partial charge is 0.497 e. The van der Waals surface area contributed by atoms with Crippen molar-refractivity contribution in [1.29, 1.82) is 0 Å². The van der Waals surface area contributed by atoms with Gasteiger partial charge in [-0.15, -0.1) is 0 Å². The second kappa shape index (κ2) is 7.49. The van der Waals surface area contributed by atoms with Crippen LogP contribution in [0.3, 0.4) is 0 Å². The van der Waals surface area contributed by atoms with Crippen LogP contribution in [0, 0.1) is 11.8 Å². The summed E-state index contributed by atoms with van der Waals surface area (Å²) in [6.07, 6.45) is 1.26. The summed E-state index contributed by atoms with van der Waals surface area (Å²) in [5.74, 6) is 2.71. The van der Waals surface area contributed by atoms with E-state index in [0.29, 0.717) is 35.6 Å². The minimum Gasteiger partial charge on any atom is -0.497 e. The van der Waals surface area contributed by atoms with E-state index in [1.54, 1.807) is 20.3 Å². The Morgan fingerprint density at radius 2 is 1.91 bits per heavy atom. The fraction of sp³-hybridized carbons (Fsp3) is 0.588. The normalized spacial score (nSPS) is 24.6. The lowest BCUT2D eigenvalue weighted by Crippen LogP contribution is -3.15. The van der Waals surface area contributed by atoms with Gasteiger partial charge in [-0.25, -0.2) is 0 Å². The van der Waals surface area contributed by atoms with E-state index in [-0.39, 0.29) is 5.91 Å². The molecule has 0 aliphatic carbocycles. The summed E-state index contributed by atoms with van der Waals surface area (Å²) in [6, 6.07) is 5.40. The van der Waals surface area contributed by atoms with E-state index in [1.807, 2.05) is 12.1 Å². The first-order chi connectivity index (χ1) is 10.5. The highest BCUT2D eigenvalue weighted by molar-refractivity contribution is 5.93. The number of anilines is 1. The highest BCUT2D eigenvalue weighted by Gasteiger charge is 2.26. The molecule has 1 aromatic carbocycles. The monoisotopic (exact) mass is 307 g/mol.